The van der Waals surface area contributed by atoms with Crippen molar-refractivity contribution >= 4 is 5.82 Å². The molecule has 1 heterocycles. The van der Waals surface area contributed by atoms with E-state index in [1.165, 1.54) is 0 Å². The summed E-state index contributed by atoms with van der Waals surface area (Å²) in [5.74, 6) is 2.15. The van der Waals surface area contributed by atoms with E-state index in [0.29, 0.717) is 5.92 Å². The third kappa shape index (κ3) is 5.04. The number of aromatic nitrogens is 1. The fourth-order valence-corrected chi connectivity index (χ4v) is 1.53. The summed E-state index contributed by atoms with van der Waals surface area (Å²) in [6, 6.07) is 3.81. The fourth-order valence-electron chi connectivity index (χ4n) is 1.53. The molecule has 4 heteroatoms. The van der Waals surface area contributed by atoms with Gasteiger partial charge in [-0.1, -0.05) is 6.92 Å². The summed E-state index contributed by atoms with van der Waals surface area (Å²) < 4.78 is 5.69. The van der Waals surface area contributed by atoms with Crippen molar-refractivity contribution in [3.63, 3.8) is 0 Å². The molecule has 96 valence electrons. The summed E-state index contributed by atoms with van der Waals surface area (Å²) in [7, 11) is 0. The van der Waals surface area contributed by atoms with Gasteiger partial charge < -0.3 is 15.8 Å². The van der Waals surface area contributed by atoms with Crippen LogP contribution in [-0.4, -0.2) is 24.2 Å². The Morgan fingerprint density at radius 1 is 1.41 bits per heavy atom. The van der Waals surface area contributed by atoms with Crippen molar-refractivity contribution in [2.24, 2.45) is 11.7 Å². The lowest BCUT2D eigenvalue weighted by molar-refractivity contribution is 0.243. The first-order chi connectivity index (χ1) is 8.13. The molecule has 0 saturated heterocycles. The normalized spacial score (nSPS) is 12.5. The first-order valence-electron chi connectivity index (χ1n) is 6.19. The smallest absolute Gasteiger partial charge is 0.168 e. The van der Waals surface area contributed by atoms with Gasteiger partial charge in [0, 0.05) is 12.7 Å². The largest absolute Gasteiger partial charge is 0.487 e. The van der Waals surface area contributed by atoms with Crippen LogP contribution in [0, 0.1) is 5.92 Å². The Bertz CT molecular complexity index is 328. The Kier molecular flexibility index (Phi) is 5.77. The highest BCUT2D eigenvalue weighted by atomic mass is 16.5. The van der Waals surface area contributed by atoms with Crippen molar-refractivity contribution in [3.8, 4) is 5.75 Å². The number of nitrogens with two attached hydrogens (primary N) is 1. The molecule has 0 saturated carbocycles. The number of nitrogens with one attached hydrogen (secondary N) is 1. The fraction of sp³-hybridized carbons (Fsp3) is 0.615. The van der Waals surface area contributed by atoms with Crippen LogP contribution in [0.5, 0.6) is 5.75 Å². The van der Waals surface area contributed by atoms with Gasteiger partial charge in [0.25, 0.3) is 0 Å². The number of hydrogen-bond acceptors (Lipinski definition) is 4. The Balaban J connectivity index is 2.57. The standard InChI is InChI=1S/C13H23N3O/c1-10(2)17-12-5-4-8-15-13(12)16-9-11(3)6-7-14/h4-5,8,10-11H,6-7,9,14H2,1-3H3,(H,15,16). The van der Waals surface area contributed by atoms with Crippen LogP contribution >= 0.6 is 0 Å². The number of anilines is 1. The highest BCUT2D eigenvalue weighted by Crippen LogP contribution is 2.22. The number of ether oxygens (including phenoxy) is 1. The molecule has 1 aromatic rings. The Hall–Kier alpha value is -1.29. The Morgan fingerprint density at radius 3 is 2.82 bits per heavy atom. The van der Waals surface area contributed by atoms with Gasteiger partial charge in [-0.25, -0.2) is 4.98 Å². The third-order valence-corrected chi connectivity index (χ3v) is 2.41. The molecule has 17 heavy (non-hydrogen) atoms. The molecule has 1 rings (SSSR count). The minimum atomic E-state index is 0.154. The van der Waals surface area contributed by atoms with E-state index < -0.39 is 0 Å². The minimum absolute atomic E-state index is 0.154. The number of rotatable bonds is 7. The minimum Gasteiger partial charge on any atom is -0.487 e. The van der Waals surface area contributed by atoms with E-state index in [1.807, 2.05) is 26.0 Å². The van der Waals surface area contributed by atoms with Gasteiger partial charge in [0.05, 0.1) is 6.10 Å². The molecule has 1 atom stereocenters. The van der Waals surface area contributed by atoms with E-state index in [-0.39, 0.29) is 6.10 Å². The molecule has 0 aromatic carbocycles. The summed E-state index contributed by atoms with van der Waals surface area (Å²) in [4.78, 5) is 4.30. The zero-order valence-corrected chi connectivity index (χ0v) is 10.9. The second-order valence-electron chi connectivity index (χ2n) is 4.58. The molecule has 0 amide bonds. The predicted molar refractivity (Wildman–Crippen MR) is 71.3 cm³/mol. The van der Waals surface area contributed by atoms with Gasteiger partial charge in [-0.3, -0.25) is 0 Å². The molecule has 0 radical (unpaired) electrons. The lowest BCUT2D eigenvalue weighted by Crippen LogP contribution is -2.17. The van der Waals surface area contributed by atoms with Gasteiger partial charge >= 0.3 is 0 Å². The first-order valence-corrected chi connectivity index (χ1v) is 6.19. The van der Waals surface area contributed by atoms with Crippen molar-refractivity contribution in [1.29, 1.82) is 0 Å². The van der Waals surface area contributed by atoms with E-state index in [0.717, 1.165) is 31.1 Å². The van der Waals surface area contributed by atoms with Gasteiger partial charge in [0.2, 0.25) is 0 Å². The molecule has 4 nitrogen and oxygen atoms in total. The van der Waals surface area contributed by atoms with Crippen molar-refractivity contribution in [3.05, 3.63) is 18.3 Å². The monoisotopic (exact) mass is 237 g/mol. The average Bonchev–Trinajstić information content (AvgIpc) is 2.27. The van der Waals surface area contributed by atoms with Crippen LogP contribution in [0.1, 0.15) is 27.2 Å². The molecule has 0 bridgehead atoms. The Labute approximate surface area is 104 Å². The SMILES string of the molecule is CC(CCN)CNc1ncccc1OC(C)C. The molecule has 0 spiro atoms. The summed E-state index contributed by atoms with van der Waals surface area (Å²) in [5.41, 5.74) is 5.53. The maximum absolute atomic E-state index is 5.69. The topological polar surface area (TPSA) is 60.2 Å². The third-order valence-electron chi connectivity index (χ3n) is 2.41. The molecular formula is C13H23N3O. The predicted octanol–water partition coefficient (Wildman–Crippen LogP) is 2.27. The molecule has 3 N–H and O–H groups in total. The van der Waals surface area contributed by atoms with E-state index in [4.69, 9.17) is 10.5 Å². The second-order valence-corrected chi connectivity index (χ2v) is 4.58. The van der Waals surface area contributed by atoms with Crippen LogP contribution < -0.4 is 15.8 Å². The van der Waals surface area contributed by atoms with Crippen LogP contribution in [0.25, 0.3) is 0 Å². The van der Waals surface area contributed by atoms with Gasteiger partial charge in [-0.05, 0) is 44.9 Å². The maximum Gasteiger partial charge on any atom is 0.168 e. The average molecular weight is 237 g/mol. The quantitative estimate of drug-likeness (QED) is 0.763. The summed E-state index contributed by atoms with van der Waals surface area (Å²) in [6.45, 7) is 7.77. The zero-order valence-electron chi connectivity index (χ0n) is 10.9. The highest BCUT2D eigenvalue weighted by molar-refractivity contribution is 5.49. The molecule has 0 fully saturated rings. The highest BCUT2D eigenvalue weighted by Gasteiger charge is 2.07. The van der Waals surface area contributed by atoms with E-state index in [1.54, 1.807) is 6.20 Å². The maximum atomic E-state index is 5.69. The Morgan fingerprint density at radius 2 is 2.18 bits per heavy atom. The van der Waals surface area contributed by atoms with Crippen molar-refractivity contribution in [1.82, 2.24) is 4.98 Å². The van der Waals surface area contributed by atoms with Crippen LogP contribution in [0.3, 0.4) is 0 Å². The van der Waals surface area contributed by atoms with Crippen LogP contribution in [0.2, 0.25) is 0 Å². The molecular weight excluding hydrogens is 214 g/mol. The lowest BCUT2D eigenvalue weighted by Gasteiger charge is -2.16. The first kappa shape index (κ1) is 13.8. The van der Waals surface area contributed by atoms with E-state index >= 15 is 0 Å². The summed E-state index contributed by atoms with van der Waals surface area (Å²) in [5, 5.41) is 3.31. The van der Waals surface area contributed by atoms with Gasteiger partial charge in [-0.2, -0.15) is 0 Å². The van der Waals surface area contributed by atoms with Gasteiger partial charge in [0.15, 0.2) is 11.6 Å². The van der Waals surface area contributed by atoms with Crippen LogP contribution in [-0.2, 0) is 0 Å². The summed E-state index contributed by atoms with van der Waals surface area (Å²) >= 11 is 0. The van der Waals surface area contributed by atoms with E-state index in [2.05, 4.69) is 17.2 Å². The van der Waals surface area contributed by atoms with Crippen LogP contribution in [0.15, 0.2) is 18.3 Å². The number of nitrogens with zero attached hydrogens (tertiary/aromatic N) is 1. The molecule has 0 aliphatic heterocycles. The van der Waals surface area contributed by atoms with Gasteiger partial charge in [-0.15, -0.1) is 0 Å². The lowest BCUT2D eigenvalue weighted by atomic mass is 10.1. The molecule has 0 aliphatic rings. The van der Waals surface area contributed by atoms with Crippen LogP contribution in [0.4, 0.5) is 5.82 Å². The zero-order chi connectivity index (χ0) is 12.7. The molecule has 0 aliphatic carbocycles. The van der Waals surface area contributed by atoms with Gasteiger partial charge in [0.1, 0.15) is 0 Å². The van der Waals surface area contributed by atoms with Crippen molar-refractivity contribution < 1.29 is 4.74 Å². The summed E-state index contributed by atoms with van der Waals surface area (Å²) in [6.07, 6.45) is 2.93. The number of pyridine rings is 1. The van der Waals surface area contributed by atoms with Crippen molar-refractivity contribution in [2.45, 2.75) is 33.3 Å². The second kappa shape index (κ2) is 7.12. The van der Waals surface area contributed by atoms with Crippen molar-refractivity contribution in [2.75, 3.05) is 18.4 Å². The molecule has 1 aromatic heterocycles. The number of hydrogen-bond donors (Lipinski definition) is 2. The van der Waals surface area contributed by atoms with E-state index in [9.17, 15) is 0 Å². The molecule has 1 unspecified atom stereocenters.